The highest BCUT2D eigenvalue weighted by atomic mass is 32.2. The molecule has 2 aliphatic heterocycles. The highest BCUT2D eigenvalue weighted by molar-refractivity contribution is 7.92. The summed E-state index contributed by atoms with van der Waals surface area (Å²) in [7, 11) is -2.45. The van der Waals surface area contributed by atoms with Crippen LogP contribution in [0.1, 0.15) is 0 Å². The minimum atomic E-state index is -3.96. The number of ether oxygens (including phenoxy) is 4. The molecule has 5 rings (SSSR count). The largest absolute Gasteiger partial charge is 0.497 e. The molecule has 0 bridgehead atoms. The molecule has 2 atom stereocenters. The van der Waals surface area contributed by atoms with Crippen LogP contribution in [0.15, 0.2) is 77.7 Å². The maximum absolute atomic E-state index is 13.5. The standard InChI is InChI=1S/C25H24N2O7S/c1-31-17-10-12-19(13-11-17)35(29,30)27-15-24(34-21-7-3-2-6-20(21)27)25(28)26-14-18-16-32-22-8-4-5-9-23(22)33-18/h2-13,18,24H,14-16H2,1H3,(H,26,28)/t18-,24+/m1/s1. The van der Waals surface area contributed by atoms with Crippen LogP contribution in [-0.2, 0) is 14.8 Å². The van der Waals surface area contributed by atoms with E-state index in [1.807, 2.05) is 18.2 Å². The molecule has 3 aromatic carbocycles. The first-order valence-corrected chi connectivity index (χ1v) is 12.5. The third-order valence-electron chi connectivity index (χ3n) is 5.75. The number of anilines is 1. The summed E-state index contributed by atoms with van der Waals surface area (Å²) in [5.74, 6) is 1.67. The zero-order chi connectivity index (χ0) is 24.4. The van der Waals surface area contributed by atoms with E-state index in [4.69, 9.17) is 18.9 Å². The fourth-order valence-corrected chi connectivity index (χ4v) is 5.41. The predicted octanol–water partition coefficient (Wildman–Crippen LogP) is 2.61. The number of hydrogen-bond donors (Lipinski definition) is 1. The number of para-hydroxylation sites is 4. The fraction of sp³-hybridized carbons (Fsp3) is 0.240. The van der Waals surface area contributed by atoms with Crippen LogP contribution in [0.25, 0.3) is 0 Å². The summed E-state index contributed by atoms with van der Waals surface area (Å²) in [6.07, 6.45) is -1.43. The second-order valence-electron chi connectivity index (χ2n) is 8.03. The van der Waals surface area contributed by atoms with Gasteiger partial charge in [-0.05, 0) is 48.5 Å². The molecule has 0 radical (unpaired) electrons. The van der Waals surface area contributed by atoms with E-state index in [0.29, 0.717) is 28.7 Å². The molecule has 0 spiro atoms. The van der Waals surface area contributed by atoms with Crippen molar-refractivity contribution in [1.29, 1.82) is 0 Å². The summed E-state index contributed by atoms with van der Waals surface area (Å²) in [5.41, 5.74) is 0.369. The molecular formula is C25H24N2O7S. The minimum absolute atomic E-state index is 0.0839. The number of fused-ring (bicyclic) bond motifs is 2. The van der Waals surface area contributed by atoms with Crippen LogP contribution in [0.4, 0.5) is 5.69 Å². The monoisotopic (exact) mass is 496 g/mol. The quantitative estimate of drug-likeness (QED) is 0.560. The van der Waals surface area contributed by atoms with Crippen molar-refractivity contribution >= 4 is 21.6 Å². The molecule has 0 aliphatic carbocycles. The summed E-state index contributed by atoms with van der Waals surface area (Å²) < 4.78 is 50.8. The Morgan fingerprint density at radius 3 is 2.40 bits per heavy atom. The van der Waals surface area contributed by atoms with E-state index < -0.39 is 22.0 Å². The average Bonchev–Trinajstić information content (AvgIpc) is 2.91. The van der Waals surface area contributed by atoms with Gasteiger partial charge in [0, 0.05) is 0 Å². The number of methoxy groups -OCH3 is 1. The first-order chi connectivity index (χ1) is 17.0. The van der Waals surface area contributed by atoms with Crippen molar-refractivity contribution in [3.63, 3.8) is 0 Å². The number of benzene rings is 3. The minimum Gasteiger partial charge on any atom is -0.497 e. The van der Waals surface area contributed by atoms with Crippen LogP contribution >= 0.6 is 0 Å². The van der Waals surface area contributed by atoms with Crippen LogP contribution < -0.4 is 28.6 Å². The van der Waals surface area contributed by atoms with Gasteiger partial charge in [0.1, 0.15) is 24.2 Å². The molecule has 0 fully saturated rings. The summed E-state index contributed by atoms with van der Waals surface area (Å²) in [6, 6.07) is 20.1. The van der Waals surface area contributed by atoms with Gasteiger partial charge in [0.05, 0.1) is 30.8 Å². The van der Waals surface area contributed by atoms with E-state index in [0.717, 1.165) is 0 Å². The lowest BCUT2D eigenvalue weighted by Crippen LogP contribution is -2.52. The first kappa shape index (κ1) is 22.9. The number of sulfonamides is 1. The predicted molar refractivity (Wildman–Crippen MR) is 128 cm³/mol. The Balaban J connectivity index is 1.32. The molecule has 1 amide bonds. The number of carbonyl (C=O) groups excluding carboxylic acids is 1. The van der Waals surface area contributed by atoms with E-state index >= 15 is 0 Å². The molecule has 3 aromatic rings. The summed E-state index contributed by atoms with van der Waals surface area (Å²) >= 11 is 0. The Morgan fingerprint density at radius 2 is 1.66 bits per heavy atom. The van der Waals surface area contributed by atoms with Crippen molar-refractivity contribution in [2.45, 2.75) is 17.1 Å². The van der Waals surface area contributed by atoms with Crippen LogP contribution in [0.3, 0.4) is 0 Å². The van der Waals surface area contributed by atoms with Crippen LogP contribution in [0, 0.1) is 0 Å². The van der Waals surface area contributed by atoms with Crippen molar-refractivity contribution < 1.29 is 32.2 Å². The van der Waals surface area contributed by atoms with Crippen molar-refractivity contribution in [2.24, 2.45) is 0 Å². The zero-order valence-electron chi connectivity index (χ0n) is 18.9. The third kappa shape index (κ3) is 4.57. The smallest absolute Gasteiger partial charge is 0.264 e. The first-order valence-electron chi connectivity index (χ1n) is 11.0. The number of carbonyl (C=O) groups is 1. The molecule has 2 aliphatic rings. The van der Waals surface area contributed by atoms with E-state index in [2.05, 4.69) is 5.32 Å². The summed E-state index contributed by atoms with van der Waals surface area (Å²) in [5, 5.41) is 2.80. The summed E-state index contributed by atoms with van der Waals surface area (Å²) in [4.78, 5) is 13.1. The Kier molecular flexibility index (Phi) is 6.12. The molecule has 0 saturated heterocycles. The molecule has 1 N–H and O–H groups in total. The van der Waals surface area contributed by atoms with Gasteiger partial charge < -0.3 is 24.3 Å². The van der Waals surface area contributed by atoms with Gasteiger partial charge in [0.25, 0.3) is 15.9 Å². The van der Waals surface area contributed by atoms with E-state index in [-0.39, 0.29) is 30.7 Å². The SMILES string of the molecule is COc1ccc(S(=O)(=O)N2C[C@@H](C(=O)NC[C@@H]3COc4ccccc4O3)Oc3ccccc32)cc1. The van der Waals surface area contributed by atoms with E-state index in [1.165, 1.54) is 23.5 Å². The highest BCUT2D eigenvalue weighted by Crippen LogP contribution is 2.37. The number of nitrogens with zero attached hydrogens (tertiary/aromatic N) is 1. The molecular weight excluding hydrogens is 472 g/mol. The second kappa shape index (κ2) is 9.38. The fourth-order valence-electron chi connectivity index (χ4n) is 3.93. The summed E-state index contributed by atoms with van der Waals surface area (Å²) in [6.45, 7) is 0.283. The van der Waals surface area contributed by atoms with E-state index in [1.54, 1.807) is 42.5 Å². The Bertz CT molecular complexity index is 1330. The lowest BCUT2D eigenvalue weighted by molar-refractivity contribution is -0.128. The number of rotatable bonds is 6. The van der Waals surface area contributed by atoms with Gasteiger partial charge in [-0.15, -0.1) is 0 Å². The van der Waals surface area contributed by atoms with Gasteiger partial charge in [0.15, 0.2) is 17.6 Å². The van der Waals surface area contributed by atoms with Crippen molar-refractivity contribution in [3.05, 3.63) is 72.8 Å². The van der Waals surface area contributed by atoms with Crippen molar-refractivity contribution in [2.75, 3.05) is 31.1 Å². The third-order valence-corrected chi connectivity index (χ3v) is 7.54. The average molecular weight is 497 g/mol. The number of amides is 1. The molecule has 0 unspecified atom stereocenters. The number of nitrogens with one attached hydrogen (secondary N) is 1. The Morgan fingerprint density at radius 1 is 0.971 bits per heavy atom. The molecule has 182 valence electrons. The second-order valence-corrected chi connectivity index (χ2v) is 9.89. The topological polar surface area (TPSA) is 103 Å². The molecule has 0 aromatic heterocycles. The normalized spacial score (nSPS) is 18.7. The zero-order valence-corrected chi connectivity index (χ0v) is 19.7. The van der Waals surface area contributed by atoms with Gasteiger partial charge in [0.2, 0.25) is 0 Å². The molecule has 0 saturated carbocycles. The highest BCUT2D eigenvalue weighted by Gasteiger charge is 2.37. The maximum Gasteiger partial charge on any atom is 0.264 e. The van der Waals surface area contributed by atoms with Gasteiger partial charge in [-0.2, -0.15) is 0 Å². The molecule has 9 nitrogen and oxygen atoms in total. The van der Waals surface area contributed by atoms with E-state index in [9.17, 15) is 13.2 Å². The van der Waals surface area contributed by atoms with Gasteiger partial charge in [-0.25, -0.2) is 8.42 Å². The van der Waals surface area contributed by atoms with Crippen LogP contribution in [0.5, 0.6) is 23.0 Å². The lowest BCUT2D eigenvalue weighted by atomic mass is 10.2. The Labute approximate surface area is 203 Å². The lowest BCUT2D eigenvalue weighted by Gasteiger charge is -2.35. The number of hydrogen-bond acceptors (Lipinski definition) is 7. The molecule has 10 heteroatoms. The van der Waals surface area contributed by atoms with Crippen molar-refractivity contribution in [3.8, 4) is 23.0 Å². The van der Waals surface area contributed by atoms with Gasteiger partial charge in [-0.3, -0.25) is 9.10 Å². The van der Waals surface area contributed by atoms with Crippen LogP contribution in [0.2, 0.25) is 0 Å². The van der Waals surface area contributed by atoms with Gasteiger partial charge >= 0.3 is 0 Å². The Hall–Kier alpha value is -3.92. The van der Waals surface area contributed by atoms with Gasteiger partial charge in [-0.1, -0.05) is 24.3 Å². The molecule has 35 heavy (non-hydrogen) atoms. The van der Waals surface area contributed by atoms with Crippen LogP contribution in [-0.4, -0.2) is 53.3 Å². The molecule has 2 heterocycles. The van der Waals surface area contributed by atoms with Crippen molar-refractivity contribution in [1.82, 2.24) is 5.32 Å². The maximum atomic E-state index is 13.5.